The third-order valence-electron chi connectivity index (χ3n) is 5.24. The smallest absolute Gasteiger partial charge is 0.269 e. The van der Waals surface area contributed by atoms with Gasteiger partial charge in [0.15, 0.2) is 0 Å². The van der Waals surface area contributed by atoms with Crippen LogP contribution in [0.4, 0.5) is 5.69 Å². The molecule has 1 saturated heterocycles. The fourth-order valence-corrected chi connectivity index (χ4v) is 5.22. The molecular formula is C18H18ClN3O4S. The van der Waals surface area contributed by atoms with Crippen LogP contribution in [0.5, 0.6) is 0 Å². The van der Waals surface area contributed by atoms with Crippen molar-refractivity contribution in [3.8, 4) is 0 Å². The van der Waals surface area contributed by atoms with E-state index in [1.54, 1.807) is 0 Å². The molecule has 7 nitrogen and oxygen atoms in total. The molecule has 0 radical (unpaired) electrons. The number of hydrogen-bond donors (Lipinski definition) is 1. The summed E-state index contributed by atoms with van der Waals surface area (Å²) in [7, 11) is -3.67. The van der Waals surface area contributed by atoms with E-state index in [2.05, 4.69) is 9.62 Å². The quantitative estimate of drug-likeness (QED) is 0.587. The van der Waals surface area contributed by atoms with E-state index in [1.165, 1.54) is 29.8 Å². The fraction of sp³-hybridized carbons (Fsp3) is 0.333. The van der Waals surface area contributed by atoms with E-state index in [9.17, 15) is 18.5 Å². The Labute approximate surface area is 162 Å². The Bertz CT molecular complexity index is 951. The monoisotopic (exact) mass is 407 g/mol. The van der Waals surface area contributed by atoms with Gasteiger partial charge in [0.25, 0.3) is 5.69 Å². The molecule has 0 aromatic heterocycles. The lowest BCUT2D eigenvalue weighted by molar-refractivity contribution is -0.384. The number of nitro benzene ring substituents is 1. The van der Waals surface area contributed by atoms with Gasteiger partial charge in [0.1, 0.15) is 0 Å². The number of halogens is 1. The van der Waals surface area contributed by atoms with Crippen LogP contribution in [-0.2, 0) is 16.6 Å². The van der Waals surface area contributed by atoms with Gasteiger partial charge >= 0.3 is 0 Å². The second-order valence-corrected chi connectivity index (χ2v) is 9.20. The second kappa shape index (κ2) is 6.87. The van der Waals surface area contributed by atoms with Gasteiger partial charge in [0.05, 0.1) is 9.82 Å². The topological polar surface area (TPSA) is 92.5 Å². The minimum atomic E-state index is -3.67. The van der Waals surface area contributed by atoms with Crippen molar-refractivity contribution < 1.29 is 13.3 Å². The molecule has 142 valence electrons. The molecule has 1 aliphatic heterocycles. The molecule has 0 spiro atoms. The van der Waals surface area contributed by atoms with Crippen molar-refractivity contribution in [3.05, 3.63) is 69.2 Å². The highest BCUT2D eigenvalue weighted by atomic mass is 35.5. The van der Waals surface area contributed by atoms with Crippen molar-refractivity contribution in [3.63, 3.8) is 0 Å². The average Bonchev–Trinajstić information content (AvgIpc) is 3.07. The molecule has 1 saturated carbocycles. The van der Waals surface area contributed by atoms with Gasteiger partial charge < -0.3 is 0 Å². The van der Waals surface area contributed by atoms with E-state index in [0.29, 0.717) is 16.9 Å². The second-order valence-electron chi connectivity index (χ2n) is 7.05. The van der Waals surface area contributed by atoms with E-state index in [-0.39, 0.29) is 16.6 Å². The van der Waals surface area contributed by atoms with Crippen molar-refractivity contribution >= 4 is 27.3 Å². The summed E-state index contributed by atoms with van der Waals surface area (Å²) in [6, 6.07) is 12.6. The number of sulfonamides is 1. The van der Waals surface area contributed by atoms with E-state index in [1.807, 2.05) is 24.3 Å². The van der Waals surface area contributed by atoms with Crippen LogP contribution < -0.4 is 4.72 Å². The van der Waals surface area contributed by atoms with Crippen LogP contribution in [0.15, 0.2) is 53.4 Å². The highest BCUT2D eigenvalue weighted by Crippen LogP contribution is 2.46. The molecule has 2 aliphatic rings. The fourth-order valence-electron chi connectivity index (χ4n) is 3.76. The van der Waals surface area contributed by atoms with Crippen molar-refractivity contribution in [2.75, 3.05) is 13.1 Å². The molecule has 1 unspecified atom stereocenters. The first-order valence-corrected chi connectivity index (χ1v) is 10.4. The van der Waals surface area contributed by atoms with Crippen molar-refractivity contribution in [1.82, 2.24) is 9.62 Å². The minimum Gasteiger partial charge on any atom is -0.298 e. The number of piperidine rings is 1. The third kappa shape index (κ3) is 3.84. The maximum absolute atomic E-state index is 12.5. The molecule has 4 rings (SSSR count). The lowest BCUT2D eigenvalue weighted by atomic mass is 10.2. The lowest BCUT2D eigenvalue weighted by Crippen LogP contribution is -2.34. The Hall–Kier alpha value is -2.00. The highest BCUT2D eigenvalue weighted by Gasteiger charge is 2.56. The van der Waals surface area contributed by atoms with E-state index >= 15 is 0 Å². The first kappa shape index (κ1) is 18.4. The molecular weight excluding hydrogens is 390 g/mol. The molecule has 27 heavy (non-hydrogen) atoms. The summed E-state index contributed by atoms with van der Waals surface area (Å²) in [6.07, 6.45) is 0. The predicted octanol–water partition coefficient (Wildman–Crippen LogP) is 2.66. The number of fused-ring (bicyclic) bond motifs is 1. The molecule has 2 fully saturated rings. The molecule has 2 aromatic rings. The standard InChI is InChI=1S/C18H18ClN3O4S/c19-13-3-1-12(2-4-13)9-21-10-16-17(11-21)18(16)20-27(25,26)15-7-5-14(6-8-15)22(23)24/h1-8,16-18,20H,9-11H2/t16-,17+,18?. The van der Waals surface area contributed by atoms with Crippen LogP contribution in [0.1, 0.15) is 5.56 Å². The normalized spacial score (nSPS) is 24.6. The largest absolute Gasteiger partial charge is 0.298 e. The van der Waals surface area contributed by atoms with Gasteiger partial charge in [0.2, 0.25) is 10.0 Å². The predicted molar refractivity (Wildman–Crippen MR) is 101 cm³/mol. The molecule has 1 aliphatic carbocycles. The lowest BCUT2D eigenvalue weighted by Gasteiger charge is -2.20. The maximum Gasteiger partial charge on any atom is 0.269 e. The van der Waals surface area contributed by atoms with E-state index in [4.69, 9.17) is 11.6 Å². The van der Waals surface area contributed by atoms with E-state index in [0.717, 1.165) is 19.6 Å². The summed E-state index contributed by atoms with van der Waals surface area (Å²) >= 11 is 5.90. The number of rotatable bonds is 6. The zero-order valence-electron chi connectivity index (χ0n) is 14.3. The number of hydrogen-bond acceptors (Lipinski definition) is 5. The summed E-state index contributed by atoms with van der Waals surface area (Å²) < 4.78 is 27.7. The van der Waals surface area contributed by atoms with E-state index < -0.39 is 14.9 Å². The zero-order valence-corrected chi connectivity index (χ0v) is 15.9. The average molecular weight is 408 g/mol. The van der Waals surface area contributed by atoms with Gasteiger partial charge in [-0.25, -0.2) is 13.1 Å². The van der Waals surface area contributed by atoms with Gasteiger partial charge in [-0.15, -0.1) is 0 Å². The van der Waals surface area contributed by atoms with Gasteiger partial charge in [-0.05, 0) is 41.7 Å². The van der Waals surface area contributed by atoms with Gasteiger partial charge in [-0.1, -0.05) is 23.7 Å². The first-order valence-electron chi connectivity index (χ1n) is 8.57. The number of likely N-dealkylation sites (tertiary alicyclic amines) is 1. The van der Waals surface area contributed by atoms with Crippen LogP contribution in [0.2, 0.25) is 5.02 Å². The summed E-state index contributed by atoms with van der Waals surface area (Å²) in [5.74, 6) is 0.621. The number of nitrogens with one attached hydrogen (secondary N) is 1. The zero-order chi connectivity index (χ0) is 19.2. The Morgan fingerprint density at radius 3 is 2.22 bits per heavy atom. The van der Waals surface area contributed by atoms with Crippen LogP contribution in [0.3, 0.4) is 0 Å². The van der Waals surface area contributed by atoms with Gasteiger partial charge in [-0.2, -0.15) is 0 Å². The summed E-state index contributed by atoms with van der Waals surface area (Å²) in [4.78, 5) is 12.5. The highest BCUT2D eigenvalue weighted by molar-refractivity contribution is 7.89. The number of benzene rings is 2. The minimum absolute atomic E-state index is 0.0519. The molecule has 0 amide bonds. The summed E-state index contributed by atoms with van der Waals surface area (Å²) in [5.41, 5.74) is 1.05. The Balaban J connectivity index is 1.33. The summed E-state index contributed by atoms with van der Waals surface area (Å²) in [5, 5.41) is 11.4. The number of nitro groups is 1. The van der Waals surface area contributed by atoms with Crippen LogP contribution in [0, 0.1) is 22.0 Å². The SMILES string of the molecule is O=[N+]([O-])c1ccc(S(=O)(=O)NC2[C@H]3CN(Cc4ccc(Cl)cc4)C[C@@H]23)cc1. The van der Waals surface area contributed by atoms with Crippen LogP contribution >= 0.6 is 11.6 Å². The first-order chi connectivity index (χ1) is 12.8. The van der Waals surface area contributed by atoms with Crippen LogP contribution in [0.25, 0.3) is 0 Å². The van der Waals surface area contributed by atoms with Crippen LogP contribution in [-0.4, -0.2) is 37.4 Å². The van der Waals surface area contributed by atoms with Gasteiger partial charge in [-0.3, -0.25) is 15.0 Å². The Morgan fingerprint density at radius 2 is 1.67 bits per heavy atom. The molecule has 2 aromatic carbocycles. The third-order valence-corrected chi connectivity index (χ3v) is 6.97. The van der Waals surface area contributed by atoms with Crippen molar-refractivity contribution in [2.45, 2.75) is 17.5 Å². The van der Waals surface area contributed by atoms with Gasteiger partial charge in [0, 0.05) is 42.8 Å². The molecule has 0 bridgehead atoms. The molecule has 3 atom stereocenters. The number of non-ortho nitro benzene ring substituents is 1. The Kier molecular flexibility index (Phi) is 4.67. The number of nitrogens with zero attached hydrogens (tertiary/aromatic N) is 2. The molecule has 1 heterocycles. The maximum atomic E-state index is 12.5. The van der Waals surface area contributed by atoms with Crippen molar-refractivity contribution in [2.24, 2.45) is 11.8 Å². The van der Waals surface area contributed by atoms with Crippen molar-refractivity contribution in [1.29, 1.82) is 0 Å². The molecule has 9 heteroatoms. The molecule has 1 N–H and O–H groups in total. The Morgan fingerprint density at radius 1 is 1.07 bits per heavy atom. The summed E-state index contributed by atoms with van der Waals surface area (Å²) in [6.45, 7) is 2.52.